The standard InChI is InChI=1S/C14H29N3O2/c1-13(2)4-6-16-7-9-17(10-8-16)14(18)12-15-5-11-19-3/h13,15H,4-12H2,1-3H3. The molecule has 0 radical (unpaired) electrons. The molecule has 0 atom stereocenters. The molecule has 0 bridgehead atoms. The minimum Gasteiger partial charge on any atom is -0.383 e. The normalized spacial score (nSPS) is 17.2. The topological polar surface area (TPSA) is 44.8 Å². The second-order valence-electron chi connectivity index (χ2n) is 5.57. The van der Waals surface area contributed by atoms with Crippen LogP contribution in [0.25, 0.3) is 0 Å². The van der Waals surface area contributed by atoms with Crippen LogP contribution >= 0.6 is 0 Å². The van der Waals surface area contributed by atoms with Crippen LogP contribution in [-0.4, -0.2) is 75.2 Å². The number of methoxy groups -OCH3 is 1. The maximum absolute atomic E-state index is 11.9. The number of carbonyl (C=O) groups is 1. The highest BCUT2D eigenvalue weighted by atomic mass is 16.5. The van der Waals surface area contributed by atoms with E-state index >= 15 is 0 Å². The second kappa shape index (κ2) is 9.28. The van der Waals surface area contributed by atoms with Crippen molar-refractivity contribution < 1.29 is 9.53 Å². The molecule has 1 N–H and O–H groups in total. The van der Waals surface area contributed by atoms with Gasteiger partial charge in [-0.3, -0.25) is 9.69 Å². The number of hydrogen-bond acceptors (Lipinski definition) is 4. The monoisotopic (exact) mass is 271 g/mol. The summed E-state index contributed by atoms with van der Waals surface area (Å²) in [4.78, 5) is 16.4. The van der Waals surface area contributed by atoms with Crippen LogP contribution in [0, 0.1) is 5.92 Å². The van der Waals surface area contributed by atoms with Gasteiger partial charge in [0.25, 0.3) is 0 Å². The lowest BCUT2D eigenvalue weighted by Crippen LogP contribution is -2.51. The molecule has 0 unspecified atom stereocenters. The fourth-order valence-electron chi connectivity index (χ4n) is 2.14. The van der Waals surface area contributed by atoms with E-state index in [1.165, 1.54) is 6.42 Å². The second-order valence-corrected chi connectivity index (χ2v) is 5.57. The Bertz CT molecular complexity index is 251. The quantitative estimate of drug-likeness (QED) is 0.650. The molecule has 1 heterocycles. The first-order valence-electron chi connectivity index (χ1n) is 7.33. The minimum atomic E-state index is 0.208. The lowest BCUT2D eigenvalue weighted by Gasteiger charge is -2.35. The van der Waals surface area contributed by atoms with Gasteiger partial charge in [-0.05, 0) is 18.9 Å². The van der Waals surface area contributed by atoms with E-state index in [0.29, 0.717) is 13.2 Å². The average molecular weight is 271 g/mol. The van der Waals surface area contributed by atoms with Gasteiger partial charge in [0.15, 0.2) is 0 Å². The van der Waals surface area contributed by atoms with E-state index in [0.717, 1.165) is 45.2 Å². The van der Waals surface area contributed by atoms with E-state index in [9.17, 15) is 4.79 Å². The Morgan fingerprint density at radius 3 is 2.53 bits per heavy atom. The molecule has 19 heavy (non-hydrogen) atoms. The molecule has 112 valence electrons. The van der Waals surface area contributed by atoms with Crippen LogP contribution in [0.3, 0.4) is 0 Å². The number of rotatable bonds is 8. The van der Waals surface area contributed by atoms with Crippen molar-refractivity contribution >= 4 is 5.91 Å². The van der Waals surface area contributed by atoms with E-state index in [2.05, 4.69) is 24.1 Å². The third-order valence-electron chi connectivity index (χ3n) is 3.51. The zero-order valence-electron chi connectivity index (χ0n) is 12.7. The molecule has 0 aromatic carbocycles. The third-order valence-corrected chi connectivity index (χ3v) is 3.51. The zero-order chi connectivity index (χ0) is 14.1. The maximum Gasteiger partial charge on any atom is 0.236 e. The minimum absolute atomic E-state index is 0.208. The van der Waals surface area contributed by atoms with Gasteiger partial charge in [0.05, 0.1) is 13.2 Å². The summed E-state index contributed by atoms with van der Waals surface area (Å²) in [5.74, 6) is 0.962. The van der Waals surface area contributed by atoms with Crippen LogP contribution in [-0.2, 0) is 9.53 Å². The number of hydrogen-bond donors (Lipinski definition) is 1. The summed E-state index contributed by atoms with van der Waals surface area (Å²) in [6, 6.07) is 0. The Balaban J connectivity index is 2.12. The van der Waals surface area contributed by atoms with Gasteiger partial charge in [0.1, 0.15) is 0 Å². The molecule has 0 aromatic rings. The van der Waals surface area contributed by atoms with Gasteiger partial charge in [-0.2, -0.15) is 0 Å². The summed E-state index contributed by atoms with van der Waals surface area (Å²) in [5.41, 5.74) is 0. The van der Waals surface area contributed by atoms with E-state index in [1.807, 2.05) is 4.90 Å². The number of amides is 1. The third kappa shape index (κ3) is 6.89. The van der Waals surface area contributed by atoms with Crippen molar-refractivity contribution in [2.45, 2.75) is 20.3 Å². The highest BCUT2D eigenvalue weighted by Gasteiger charge is 2.20. The van der Waals surface area contributed by atoms with Crippen molar-refractivity contribution in [3.63, 3.8) is 0 Å². The van der Waals surface area contributed by atoms with Crippen molar-refractivity contribution in [1.82, 2.24) is 15.1 Å². The maximum atomic E-state index is 11.9. The van der Waals surface area contributed by atoms with Gasteiger partial charge in [0.2, 0.25) is 5.91 Å². The summed E-state index contributed by atoms with van der Waals surface area (Å²) in [7, 11) is 1.67. The molecule has 1 saturated heterocycles. The largest absolute Gasteiger partial charge is 0.383 e. The van der Waals surface area contributed by atoms with Crippen LogP contribution in [0.5, 0.6) is 0 Å². The summed E-state index contributed by atoms with van der Waals surface area (Å²) < 4.78 is 4.94. The molecule has 1 aliphatic heterocycles. The van der Waals surface area contributed by atoms with E-state index in [-0.39, 0.29) is 5.91 Å². The van der Waals surface area contributed by atoms with Gasteiger partial charge in [-0.25, -0.2) is 0 Å². The molecule has 0 aliphatic carbocycles. The predicted molar refractivity (Wildman–Crippen MR) is 77.2 cm³/mol. The Hall–Kier alpha value is -0.650. The van der Waals surface area contributed by atoms with Crippen LogP contribution in [0.4, 0.5) is 0 Å². The van der Waals surface area contributed by atoms with Gasteiger partial charge >= 0.3 is 0 Å². The summed E-state index contributed by atoms with van der Waals surface area (Å²) >= 11 is 0. The van der Waals surface area contributed by atoms with Gasteiger partial charge in [-0.15, -0.1) is 0 Å². The van der Waals surface area contributed by atoms with Gasteiger partial charge in [0, 0.05) is 39.8 Å². The zero-order valence-corrected chi connectivity index (χ0v) is 12.7. The van der Waals surface area contributed by atoms with Crippen LogP contribution in [0.15, 0.2) is 0 Å². The number of nitrogens with zero attached hydrogens (tertiary/aromatic N) is 2. The molecule has 1 aliphatic rings. The first kappa shape index (κ1) is 16.4. The molecule has 1 fully saturated rings. The highest BCUT2D eigenvalue weighted by molar-refractivity contribution is 5.78. The predicted octanol–water partition coefficient (Wildman–Crippen LogP) is 0.413. The van der Waals surface area contributed by atoms with Crippen LogP contribution in [0.1, 0.15) is 20.3 Å². The lowest BCUT2D eigenvalue weighted by molar-refractivity contribution is -0.132. The number of piperazine rings is 1. The highest BCUT2D eigenvalue weighted by Crippen LogP contribution is 2.06. The fourth-order valence-corrected chi connectivity index (χ4v) is 2.14. The molecule has 5 nitrogen and oxygen atoms in total. The number of ether oxygens (including phenoxy) is 1. The van der Waals surface area contributed by atoms with Gasteiger partial charge < -0.3 is 15.0 Å². The molecule has 0 saturated carbocycles. The summed E-state index contributed by atoms with van der Waals surface area (Å²) in [6.45, 7) is 11.2. The first-order valence-corrected chi connectivity index (χ1v) is 7.33. The van der Waals surface area contributed by atoms with E-state index in [1.54, 1.807) is 7.11 Å². The molecule has 1 rings (SSSR count). The van der Waals surface area contributed by atoms with Crippen molar-refractivity contribution in [3.05, 3.63) is 0 Å². The smallest absolute Gasteiger partial charge is 0.236 e. The Kier molecular flexibility index (Phi) is 8.02. The fraction of sp³-hybridized carbons (Fsp3) is 0.929. The Labute approximate surface area is 117 Å². The molecule has 0 spiro atoms. The molecular weight excluding hydrogens is 242 g/mol. The summed E-state index contributed by atoms with van der Waals surface area (Å²) in [5, 5.41) is 3.10. The number of nitrogens with one attached hydrogen (secondary N) is 1. The SMILES string of the molecule is COCCNCC(=O)N1CCN(CCC(C)C)CC1. The molecular formula is C14H29N3O2. The van der Waals surface area contributed by atoms with Crippen molar-refractivity contribution in [2.75, 3.05) is 59.5 Å². The van der Waals surface area contributed by atoms with Crippen molar-refractivity contribution in [1.29, 1.82) is 0 Å². The van der Waals surface area contributed by atoms with Crippen molar-refractivity contribution in [3.8, 4) is 0 Å². The number of carbonyl (C=O) groups excluding carboxylic acids is 1. The lowest BCUT2D eigenvalue weighted by atomic mass is 10.1. The Morgan fingerprint density at radius 2 is 1.95 bits per heavy atom. The van der Waals surface area contributed by atoms with Crippen LogP contribution in [0.2, 0.25) is 0 Å². The molecule has 0 aromatic heterocycles. The van der Waals surface area contributed by atoms with Crippen molar-refractivity contribution in [2.24, 2.45) is 5.92 Å². The molecule has 5 heteroatoms. The molecule has 1 amide bonds. The average Bonchev–Trinajstić information content (AvgIpc) is 2.41. The van der Waals surface area contributed by atoms with Crippen LogP contribution < -0.4 is 5.32 Å². The summed E-state index contributed by atoms with van der Waals surface area (Å²) in [6.07, 6.45) is 1.24. The first-order chi connectivity index (χ1) is 9.13. The van der Waals surface area contributed by atoms with Gasteiger partial charge in [-0.1, -0.05) is 13.8 Å². The van der Waals surface area contributed by atoms with E-state index in [4.69, 9.17) is 4.74 Å². The Morgan fingerprint density at radius 1 is 1.26 bits per heavy atom. The van der Waals surface area contributed by atoms with E-state index < -0.39 is 0 Å².